The molecule has 29 heavy (non-hydrogen) atoms. The van der Waals surface area contributed by atoms with E-state index in [4.69, 9.17) is 0 Å². The van der Waals surface area contributed by atoms with Gasteiger partial charge in [-0.1, -0.05) is 60.7 Å². The fourth-order valence-electron chi connectivity index (χ4n) is 3.64. The van der Waals surface area contributed by atoms with Crippen LogP contribution in [0.3, 0.4) is 0 Å². The lowest BCUT2D eigenvalue weighted by Crippen LogP contribution is -2.49. The molecule has 1 N–H and O–H groups in total. The molecule has 1 heterocycles. The third-order valence-electron chi connectivity index (χ3n) is 5.71. The highest BCUT2D eigenvalue weighted by atomic mass is 16.2. The van der Waals surface area contributed by atoms with Crippen LogP contribution >= 0.6 is 0 Å². The number of nitrogens with one attached hydrogen (secondary N) is 1. The van der Waals surface area contributed by atoms with Crippen LogP contribution in [-0.4, -0.2) is 55.0 Å². The van der Waals surface area contributed by atoms with Gasteiger partial charge in [-0.3, -0.25) is 14.6 Å². The maximum atomic E-state index is 12.5. The standard InChI is InChI=1S/C25H33N3O/c1-20-11-12-24(18-21(20)2)22(3)26-25(29)19-28-16-14-27(15-17-28)13-7-10-23-8-5-4-6-9-23/h4-12,18,22H,13-17,19H2,1-3H3,(H,26,29)/b10-7+/t22-/m1/s1. The SMILES string of the molecule is Cc1ccc([C@@H](C)NC(=O)CN2CCN(C/C=C/c3ccccc3)CC2)cc1C. The molecule has 0 spiro atoms. The van der Waals surface area contributed by atoms with Crippen LogP contribution in [-0.2, 0) is 4.79 Å². The molecule has 1 fully saturated rings. The van der Waals surface area contributed by atoms with Crippen molar-refractivity contribution in [1.29, 1.82) is 0 Å². The van der Waals surface area contributed by atoms with Crippen LogP contribution in [0.4, 0.5) is 0 Å². The Hall–Kier alpha value is -2.43. The Kier molecular flexibility index (Phi) is 7.62. The summed E-state index contributed by atoms with van der Waals surface area (Å²) in [7, 11) is 0. The Morgan fingerprint density at radius 3 is 2.38 bits per heavy atom. The van der Waals surface area contributed by atoms with Crippen molar-refractivity contribution in [2.45, 2.75) is 26.8 Å². The molecule has 1 amide bonds. The van der Waals surface area contributed by atoms with Gasteiger partial charge in [0.1, 0.15) is 0 Å². The molecule has 4 nitrogen and oxygen atoms in total. The zero-order valence-electron chi connectivity index (χ0n) is 17.9. The predicted molar refractivity (Wildman–Crippen MR) is 121 cm³/mol. The molecule has 0 aliphatic carbocycles. The molecular formula is C25H33N3O. The van der Waals surface area contributed by atoms with Gasteiger partial charge in [0.15, 0.2) is 0 Å². The first kappa shape index (κ1) is 21.3. The summed E-state index contributed by atoms with van der Waals surface area (Å²) in [5, 5.41) is 3.15. The molecule has 3 rings (SSSR count). The lowest BCUT2D eigenvalue weighted by molar-refractivity contribution is -0.123. The summed E-state index contributed by atoms with van der Waals surface area (Å²) in [6, 6.07) is 16.8. The lowest BCUT2D eigenvalue weighted by Gasteiger charge is -2.33. The van der Waals surface area contributed by atoms with Gasteiger partial charge in [-0.2, -0.15) is 0 Å². The largest absolute Gasteiger partial charge is 0.348 e. The molecule has 1 atom stereocenters. The molecule has 1 aliphatic heterocycles. The van der Waals surface area contributed by atoms with Gasteiger partial charge < -0.3 is 5.32 Å². The molecule has 0 aromatic heterocycles. The van der Waals surface area contributed by atoms with E-state index >= 15 is 0 Å². The second kappa shape index (κ2) is 10.4. The maximum absolute atomic E-state index is 12.5. The maximum Gasteiger partial charge on any atom is 0.234 e. The molecule has 1 aliphatic rings. The minimum absolute atomic E-state index is 0.0335. The summed E-state index contributed by atoms with van der Waals surface area (Å²) in [6.45, 7) is 11.6. The van der Waals surface area contributed by atoms with E-state index in [9.17, 15) is 4.79 Å². The topological polar surface area (TPSA) is 35.6 Å². The Morgan fingerprint density at radius 2 is 1.69 bits per heavy atom. The van der Waals surface area contributed by atoms with Gasteiger partial charge in [-0.15, -0.1) is 0 Å². The quantitative estimate of drug-likeness (QED) is 0.780. The fourth-order valence-corrected chi connectivity index (χ4v) is 3.64. The van der Waals surface area contributed by atoms with E-state index in [1.807, 2.05) is 6.07 Å². The van der Waals surface area contributed by atoms with Gasteiger partial charge in [0.2, 0.25) is 5.91 Å². The summed E-state index contributed by atoms with van der Waals surface area (Å²) < 4.78 is 0. The highest BCUT2D eigenvalue weighted by molar-refractivity contribution is 5.78. The predicted octanol–water partition coefficient (Wildman–Crippen LogP) is 3.81. The van der Waals surface area contributed by atoms with Crippen molar-refractivity contribution in [2.24, 2.45) is 0 Å². The van der Waals surface area contributed by atoms with Gasteiger partial charge >= 0.3 is 0 Å². The minimum Gasteiger partial charge on any atom is -0.348 e. The number of nitrogens with zero attached hydrogens (tertiary/aromatic N) is 2. The van der Waals surface area contributed by atoms with Gasteiger partial charge in [-0.25, -0.2) is 0 Å². The first-order valence-electron chi connectivity index (χ1n) is 10.5. The highest BCUT2D eigenvalue weighted by Gasteiger charge is 2.19. The first-order chi connectivity index (χ1) is 14.0. The molecule has 0 bridgehead atoms. The second-order valence-electron chi connectivity index (χ2n) is 8.02. The van der Waals surface area contributed by atoms with Crippen LogP contribution in [0.25, 0.3) is 6.08 Å². The van der Waals surface area contributed by atoms with E-state index in [0.29, 0.717) is 6.54 Å². The van der Waals surface area contributed by atoms with Crippen molar-refractivity contribution in [1.82, 2.24) is 15.1 Å². The van der Waals surface area contributed by atoms with E-state index in [-0.39, 0.29) is 11.9 Å². The van der Waals surface area contributed by atoms with Gasteiger partial charge in [0.05, 0.1) is 12.6 Å². The molecule has 2 aromatic rings. The van der Waals surface area contributed by atoms with Crippen molar-refractivity contribution in [2.75, 3.05) is 39.3 Å². The summed E-state index contributed by atoms with van der Waals surface area (Å²) in [4.78, 5) is 17.2. The van der Waals surface area contributed by atoms with E-state index < -0.39 is 0 Å². The van der Waals surface area contributed by atoms with E-state index in [1.54, 1.807) is 0 Å². The highest BCUT2D eigenvalue weighted by Crippen LogP contribution is 2.16. The number of hydrogen-bond donors (Lipinski definition) is 1. The van der Waals surface area contributed by atoms with Crippen molar-refractivity contribution in [3.63, 3.8) is 0 Å². The third-order valence-corrected chi connectivity index (χ3v) is 5.71. The number of carbonyl (C=O) groups is 1. The van der Waals surface area contributed by atoms with E-state index in [2.05, 4.69) is 90.5 Å². The lowest BCUT2D eigenvalue weighted by atomic mass is 10.0. The molecule has 154 valence electrons. The van der Waals surface area contributed by atoms with Crippen LogP contribution < -0.4 is 5.32 Å². The first-order valence-corrected chi connectivity index (χ1v) is 10.5. The van der Waals surface area contributed by atoms with E-state index in [1.165, 1.54) is 16.7 Å². The van der Waals surface area contributed by atoms with Gasteiger partial charge in [0.25, 0.3) is 0 Å². The average molecular weight is 392 g/mol. The van der Waals surface area contributed by atoms with Gasteiger partial charge in [-0.05, 0) is 43.0 Å². The third kappa shape index (κ3) is 6.55. The molecule has 4 heteroatoms. The molecular weight excluding hydrogens is 358 g/mol. The van der Waals surface area contributed by atoms with Crippen molar-refractivity contribution >= 4 is 12.0 Å². The molecule has 0 unspecified atom stereocenters. The summed E-state index contributed by atoms with van der Waals surface area (Å²) in [5.41, 5.74) is 4.95. The Bertz CT molecular complexity index is 823. The van der Waals surface area contributed by atoms with Crippen LogP contribution in [0.5, 0.6) is 0 Å². The smallest absolute Gasteiger partial charge is 0.234 e. The van der Waals surface area contributed by atoms with Crippen molar-refractivity contribution in [3.8, 4) is 0 Å². The number of aryl methyl sites for hydroxylation is 2. The number of benzene rings is 2. The normalized spacial score (nSPS) is 16.8. The number of piperazine rings is 1. The molecule has 1 saturated heterocycles. The Morgan fingerprint density at radius 1 is 1.00 bits per heavy atom. The Labute approximate surface area is 175 Å². The summed E-state index contributed by atoms with van der Waals surface area (Å²) in [5.74, 6) is 0.105. The zero-order valence-corrected chi connectivity index (χ0v) is 17.9. The Balaban J connectivity index is 1.39. The van der Waals surface area contributed by atoms with E-state index in [0.717, 1.165) is 38.3 Å². The molecule has 0 radical (unpaired) electrons. The van der Waals surface area contributed by atoms with Crippen molar-refractivity contribution < 1.29 is 4.79 Å². The van der Waals surface area contributed by atoms with Crippen LogP contribution in [0.1, 0.15) is 35.2 Å². The zero-order chi connectivity index (χ0) is 20.6. The summed E-state index contributed by atoms with van der Waals surface area (Å²) >= 11 is 0. The summed E-state index contributed by atoms with van der Waals surface area (Å²) in [6.07, 6.45) is 4.40. The van der Waals surface area contributed by atoms with Crippen molar-refractivity contribution in [3.05, 3.63) is 76.9 Å². The van der Waals surface area contributed by atoms with Crippen LogP contribution in [0, 0.1) is 13.8 Å². The second-order valence-corrected chi connectivity index (χ2v) is 8.02. The van der Waals surface area contributed by atoms with Gasteiger partial charge in [0, 0.05) is 32.7 Å². The van der Waals surface area contributed by atoms with Crippen LogP contribution in [0.15, 0.2) is 54.6 Å². The molecule has 2 aromatic carbocycles. The number of hydrogen-bond acceptors (Lipinski definition) is 3. The number of amides is 1. The van der Waals surface area contributed by atoms with Crippen LogP contribution in [0.2, 0.25) is 0 Å². The fraction of sp³-hybridized carbons (Fsp3) is 0.400. The monoisotopic (exact) mass is 391 g/mol. The average Bonchev–Trinajstić information content (AvgIpc) is 2.72. The number of carbonyl (C=O) groups excluding carboxylic acids is 1. The minimum atomic E-state index is 0.0335. The molecule has 0 saturated carbocycles. The number of rotatable bonds is 7.